The fourth-order valence-electron chi connectivity index (χ4n) is 3.20. The summed E-state index contributed by atoms with van der Waals surface area (Å²) in [5.74, 6) is -1.84. The Kier molecular flexibility index (Phi) is 6.13. The first-order valence-corrected chi connectivity index (χ1v) is 10.7. The van der Waals surface area contributed by atoms with Gasteiger partial charge in [-0.3, -0.25) is 10.2 Å². The van der Waals surface area contributed by atoms with Gasteiger partial charge in [-0.25, -0.2) is 17.8 Å². The van der Waals surface area contributed by atoms with Gasteiger partial charge in [0.1, 0.15) is 0 Å². The van der Waals surface area contributed by atoms with Gasteiger partial charge in [-0.15, -0.1) is 4.83 Å². The maximum atomic E-state index is 14.3. The molecule has 1 aromatic heterocycles. The van der Waals surface area contributed by atoms with E-state index in [1.165, 1.54) is 24.7 Å². The maximum absolute atomic E-state index is 14.3. The highest BCUT2D eigenvalue weighted by Crippen LogP contribution is 2.25. The molecule has 27 heavy (non-hydrogen) atoms. The third kappa shape index (κ3) is 5.06. The number of carbonyl (C=O) groups is 1. The molecule has 3 rings (SSSR count). The van der Waals surface area contributed by atoms with Gasteiger partial charge in [0.2, 0.25) is 10.0 Å². The summed E-state index contributed by atoms with van der Waals surface area (Å²) in [7, 11) is -3.71. The molecule has 1 heterocycles. The second kappa shape index (κ2) is 8.37. The predicted molar refractivity (Wildman–Crippen MR) is 99.5 cm³/mol. The lowest BCUT2D eigenvalue weighted by atomic mass is 9.91. The molecular weight excluding hydrogens is 395 g/mol. The predicted octanol–water partition coefficient (Wildman–Crippen LogP) is 2.81. The van der Waals surface area contributed by atoms with Gasteiger partial charge in [-0.1, -0.05) is 30.9 Å². The molecule has 2 aromatic rings. The summed E-state index contributed by atoms with van der Waals surface area (Å²) in [6.07, 6.45) is 9.45. The van der Waals surface area contributed by atoms with Crippen molar-refractivity contribution in [3.05, 3.63) is 47.3 Å². The SMILES string of the molecule is O=C(NNS(=O)(=O)CC1CCCCC1)c1cc(-n2ccnc2)cc(Cl)c1F. The van der Waals surface area contributed by atoms with Crippen LogP contribution in [0.2, 0.25) is 5.02 Å². The molecule has 10 heteroatoms. The molecule has 1 saturated carbocycles. The number of rotatable bonds is 6. The number of aromatic nitrogens is 2. The number of imidazole rings is 1. The summed E-state index contributed by atoms with van der Waals surface area (Å²) < 4.78 is 40.2. The highest BCUT2D eigenvalue weighted by Gasteiger charge is 2.23. The standard InChI is InChI=1S/C17H20ClFN4O3S/c18-15-9-13(23-7-6-20-11-23)8-14(16(15)19)17(24)21-22-27(25,26)10-12-4-2-1-3-5-12/h6-9,11-12,22H,1-5,10H2,(H,21,24). The van der Waals surface area contributed by atoms with Crippen LogP contribution in [0.4, 0.5) is 4.39 Å². The van der Waals surface area contributed by atoms with Gasteiger partial charge in [0, 0.05) is 18.1 Å². The lowest BCUT2D eigenvalue weighted by molar-refractivity contribution is 0.0941. The first kappa shape index (κ1) is 19.8. The maximum Gasteiger partial charge on any atom is 0.269 e. The second-order valence-corrected chi connectivity index (χ2v) is 8.77. The van der Waals surface area contributed by atoms with Crippen LogP contribution in [0.3, 0.4) is 0 Å². The summed E-state index contributed by atoms with van der Waals surface area (Å²) in [5, 5.41) is -0.253. The van der Waals surface area contributed by atoms with E-state index in [1.807, 2.05) is 4.83 Å². The Morgan fingerprint density at radius 1 is 1.30 bits per heavy atom. The van der Waals surface area contributed by atoms with Crippen molar-refractivity contribution in [2.75, 3.05) is 5.75 Å². The Morgan fingerprint density at radius 3 is 2.70 bits per heavy atom. The van der Waals surface area contributed by atoms with E-state index in [4.69, 9.17) is 11.6 Å². The molecule has 1 aliphatic carbocycles. The van der Waals surface area contributed by atoms with Gasteiger partial charge < -0.3 is 4.57 Å². The molecule has 0 spiro atoms. The minimum atomic E-state index is -3.71. The average molecular weight is 415 g/mol. The quantitative estimate of drug-likeness (QED) is 0.711. The molecule has 1 aliphatic rings. The van der Waals surface area contributed by atoms with E-state index in [-0.39, 0.29) is 22.3 Å². The lowest BCUT2D eigenvalue weighted by Gasteiger charge is -2.21. The van der Waals surface area contributed by atoms with Crippen LogP contribution in [0, 0.1) is 11.7 Å². The fraction of sp³-hybridized carbons (Fsp3) is 0.412. The molecule has 0 bridgehead atoms. The number of hydrogen-bond donors (Lipinski definition) is 2. The fourth-order valence-corrected chi connectivity index (χ4v) is 4.70. The number of sulfonamides is 1. The van der Waals surface area contributed by atoms with E-state index >= 15 is 0 Å². The molecule has 2 N–H and O–H groups in total. The van der Waals surface area contributed by atoms with Crippen molar-refractivity contribution in [1.82, 2.24) is 19.8 Å². The van der Waals surface area contributed by atoms with Crippen molar-refractivity contribution >= 4 is 27.5 Å². The molecule has 7 nitrogen and oxygen atoms in total. The van der Waals surface area contributed by atoms with Gasteiger partial charge in [0.15, 0.2) is 5.82 Å². The average Bonchev–Trinajstić information content (AvgIpc) is 3.17. The number of hydrogen-bond acceptors (Lipinski definition) is 4. The van der Waals surface area contributed by atoms with Crippen molar-refractivity contribution in [2.45, 2.75) is 32.1 Å². The molecule has 1 aromatic carbocycles. The van der Waals surface area contributed by atoms with Crippen molar-refractivity contribution in [1.29, 1.82) is 0 Å². The highest BCUT2D eigenvalue weighted by atomic mass is 35.5. The van der Waals surface area contributed by atoms with Crippen LogP contribution in [0.5, 0.6) is 0 Å². The smallest absolute Gasteiger partial charge is 0.269 e. The number of nitrogens with zero attached hydrogens (tertiary/aromatic N) is 2. The topological polar surface area (TPSA) is 93.1 Å². The molecule has 1 fully saturated rings. The van der Waals surface area contributed by atoms with Crippen LogP contribution < -0.4 is 10.3 Å². The Morgan fingerprint density at radius 2 is 2.04 bits per heavy atom. The van der Waals surface area contributed by atoms with Gasteiger partial charge in [0.25, 0.3) is 5.91 Å². The van der Waals surface area contributed by atoms with E-state index in [0.717, 1.165) is 32.1 Å². The summed E-state index contributed by atoms with van der Waals surface area (Å²) in [6.45, 7) is 0. The van der Waals surface area contributed by atoms with Gasteiger partial charge in [-0.2, -0.15) is 0 Å². The number of carbonyl (C=O) groups excluding carboxylic acids is 1. The number of benzene rings is 1. The molecule has 0 radical (unpaired) electrons. The largest absolute Gasteiger partial charge is 0.306 e. The monoisotopic (exact) mass is 414 g/mol. The molecule has 146 valence electrons. The van der Waals surface area contributed by atoms with E-state index in [1.54, 1.807) is 10.8 Å². The molecular formula is C17H20ClFN4O3S. The molecule has 0 aliphatic heterocycles. The second-order valence-electron chi connectivity index (χ2n) is 6.60. The van der Waals surface area contributed by atoms with Crippen molar-refractivity contribution in [2.24, 2.45) is 5.92 Å². The van der Waals surface area contributed by atoms with Crippen LogP contribution in [0.1, 0.15) is 42.5 Å². The third-order valence-corrected chi connectivity index (χ3v) is 6.16. The Hall–Kier alpha value is -1.97. The number of amides is 1. The summed E-state index contributed by atoms with van der Waals surface area (Å²) in [5.41, 5.74) is 2.13. The minimum absolute atomic E-state index is 0.0639. The Bertz CT molecular complexity index is 913. The zero-order valence-corrected chi connectivity index (χ0v) is 16.1. The van der Waals surface area contributed by atoms with E-state index in [2.05, 4.69) is 10.4 Å². The van der Waals surface area contributed by atoms with Gasteiger partial charge in [-0.05, 0) is 30.9 Å². The number of nitrogens with one attached hydrogen (secondary N) is 2. The first-order chi connectivity index (χ1) is 12.9. The van der Waals surface area contributed by atoms with Crippen molar-refractivity contribution < 1.29 is 17.6 Å². The lowest BCUT2D eigenvalue weighted by Crippen LogP contribution is -2.44. The van der Waals surface area contributed by atoms with Crippen LogP contribution in [-0.2, 0) is 10.0 Å². The van der Waals surface area contributed by atoms with Gasteiger partial charge >= 0.3 is 0 Å². The zero-order valence-electron chi connectivity index (χ0n) is 14.5. The van der Waals surface area contributed by atoms with Crippen molar-refractivity contribution in [3.8, 4) is 5.69 Å². The normalized spacial score (nSPS) is 15.6. The van der Waals surface area contributed by atoms with Crippen LogP contribution in [-0.4, -0.2) is 29.6 Å². The molecule has 0 saturated heterocycles. The number of halogens is 2. The van der Waals surface area contributed by atoms with Crippen LogP contribution in [0.25, 0.3) is 5.69 Å². The van der Waals surface area contributed by atoms with Crippen LogP contribution >= 0.6 is 11.6 Å². The Labute approximate surface area is 162 Å². The van der Waals surface area contributed by atoms with E-state index in [0.29, 0.717) is 5.69 Å². The van der Waals surface area contributed by atoms with Gasteiger partial charge in [0.05, 0.1) is 22.7 Å². The van der Waals surface area contributed by atoms with E-state index in [9.17, 15) is 17.6 Å². The highest BCUT2D eigenvalue weighted by molar-refractivity contribution is 7.89. The Balaban J connectivity index is 1.70. The number of hydrazine groups is 1. The molecule has 0 atom stereocenters. The van der Waals surface area contributed by atoms with Crippen LogP contribution in [0.15, 0.2) is 30.9 Å². The summed E-state index contributed by atoms with van der Waals surface area (Å²) >= 11 is 5.87. The molecule has 0 unspecified atom stereocenters. The van der Waals surface area contributed by atoms with Crippen molar-refractivity contribution in [3.63, 3.8) is 0 Å². The summed E-state index contributed by atoms with van der Waals surface area (Å²) in [4.78, 5) is 18.2. The zero-order chi connectivity index (χ0) is 19.4. The minimum Gasteiger partial charge on any atom is -0.306 e. The van der Waals surface area contributed by atoms with E-state index < -0.39 is 21.7 Å². The third-order valence-electron chi connectivity index (χ3n) is 4.56. The molecule has 1 amide bonds. The summed E-state index contributed by atoms with van der Waals surface area (Å²) in [6, 6.07) is 2.62. The first-order valence-electron chi connectivity index (χ1n) is 8.63.